The number of carbonyl (C=O) groups is 2. The Bertz CT molecular complexity index is 1740. The first-order valence-corrected chi connectivity index (χ1v) is 15.4. The van der Waals surface area contributed by atoms with Crippen molar-refractivity contribution in [3.8, 4) is 34.3 Å². The van der Waals surface area contributed by atoms with Crippen LogP contribution in [0.5, 0.6) is 23.0 Å². The van der Waals surface area contributed by atoms with Gasteiger partial charge in [-0.3, -0.25) is 14.4 Å². The van der Waals surface area contributed by atoms with E-state index in [1.807, 2.05) is 0 Å². The van der Waals surface area contributed by atoms with E-state index in [2.05, 4.69) is 0 Å². The van der Waals surface area contributed by atoms with E-state index >= 15 is 0 Å². The molecule has 5 rings (SSSR count). The van der Waals surface area contributed by atoms with Crippen LogP contribution >= 0.6 is 0 Å². The molecule has 0 spiro atoms. The summed E-state index contributed by atoms with van der Waals surface area (Å²) in [5.74, 6) is -2.06. The monoisotopic (exact) mass is 706 g/mol. The summed E-state index contributed by atoms with van der Waals surface area (Å²) >= 11 is 0. The van der Waals surface area contributed by atoms with Gasteiger partial charge in [0.2, 0.25) is 12.0 Å². The Hall–Kier alpha value is -4.49. The Balaban J connectivity index is 1.41. The summed E-state index contributed by atoms with van der Waals surface area (Å²) in [5.41, 5.74) is -0.194. The minimum Gasteiger partial charge on any atom is -0.504 e. The molecule has 0 aliphatic carbocycles. The quantitative estimate of drug-likeness (QED) is 0.179. The van der Waals surface area contributed by atoms with Gasteiger partial charge >= 0.3 is 11.9 Å². The summed E-state index contributed by atoms with van der Waals surface area (Å²) in [6.07, 6.45) is -15.2. The van der Waals surface area contributed by atoms with Gasteiger partial charge in [0.25, 0.3) is 0 Å². The molecule has 17 nitrogen and oxygen atoms in total. The van der Waals surface area contributed by atoms with Gasteiger partial charge in [-0.05, 0) is 31.2 Å². The lowest BCUT2D eigenvalue weighted by atomic mass is 9.98. The molecule has 2 fully saturated rings. The van der Waals surface area contributed by atoms with E-state index in [1.165, 1.54) is 33.3 Å². The van der Waals surface area contributed by atoms with Crippen molar-refractivity contribution in [3.05, 3.63) is 46.6 Å². The van der Waals surface area contributed by atoms with Crippen LogP contribution < -0.4 is 19.6 Å². The van der Waals surface area contributed by atoms with Crippen LogP contribution in [0.3, 0.4) is 0 Å². The number of hydrogen-bond acceptors (Lipinski definition) is 17. The molecule has 1 aromatic heterocycles. The van der Waals surface area contributed by atoms with Gasteiger partial charge in [0, 0.05) is 31.5 Å². The minimum atomic E-state index is -1.86. The first-order valence-electron chi connectivity index (χ1n) is 15.4. The molecular weight excluding hydrogens is 668 g/mol. The second-order valence-corrected chi connectivity index (χ2v) is 11.6. The second kappa shape index (κ2) is 15.2. The Morgan fingerprint density at radius 3 is 2.10 bits per heavy atom. The molecule has 10 unspecified atom stereocenters. The van der Waals surface area contributed by atoms with E-state index in [4.69, 9.17) is 42.3 Å². The zero-order valence-electron chi connectivity index (χ0n) is 27.6. The number of phenolic OH excluding ortho intramolecular Hbond substituents is 1. The maximum Gasteiger partial charge on any atom is 0.303 e. The van der Waals surface area contributed by atoms with Crippen LogP contribution in [0.1, 0.15) is 20.8 Å². The Labute approximate surface area is 284 Å². The number of hydrogen-bond donors (Lipinski definition) is 5. The van der Waals surface area contributed by atoms with Crippen LogP contribution in [0.4, 0.5) is 0 Å². The number of phenols is 1. The molecule has 17 heteroatoms. The highest BCUT2D eigenvalue weighted by atomic mass is 16.7. The van der Waals surface area contributed by atoms with Crippen molar-refractivity contribution in [2.45, 2.75) is 82.2 Å². The lowest BCUT2D eigenvalue weighted by Gasteiger charge is -2.43. The van der Waals surface area contributed by atoms with E-state index in [9.17, 15) is 39.9 Å². The van der Waals surface area contributed by atoms with Crippen molar-refractivity contribution in [3.63, 3.8) is 0 Å². The summed E-state index contributed by atoms with van der Waals surface area (Å²) in [6.45, 7) is 3.09. The Kier molecular flexibility index (Phi) is 11.2. The number of aliphatic hydroxyl groups is 4. The molecule has 0 radical (unpaired) electrons. The molecule has 272 valence electrons. The fourth-order valence-electron chi connectivity index (χ4n) is 5.67. The van der Waals surface area contributed by atoms with Crippen molar-refractivity contribution in [1.82, 2.24) is 0 Å². The molecule has 5 N–H and O–H groups in total. The average molecular weight is 707 g/mol. The van der Waals surface area contributed by atoms with Crippen molar-refractivity contribution in [2.75, 3.05) is 20.8 Å². The van der Waals surface area contributed by atoms with Gasteiger partial charge in [0.05, 0.1) is 26.9 Å². The third-order valence-electron chi connectivity index (χ3n) is 8.19. The molecule has 2 aliphatic rings. The van der Waals surface area contributed by atoms with E-state index in [0.29, 0.717) is 11.3 Å². The van der Waals surface area contributed by atoms with Gasteiger partial charge in [-0.25, -0.2) is 0 Å². The predicted octanol–water partition coefficient (Wildman–Crippen LogP) is 0.355. The zero-order valence-corrected chi connectivity index (χ0v) is 27.6. The molecule has 50 heavy (non-hydrogen) atoms. The number of aromatic hydroxyl groups is 1. The van der Waals surface area contributed by atoms with Crippen LogP contribution in [0.25, 0.3) is 22.3 Å². The van der Waals surface area contributed by atoms with E-state index < -0.39 is 91.1 Å². The molecule has 3 aromatic rings. The highest BCUT2D eigenvalue weighted by Crippen LogP contribution is 2.43. The number of rotatable bonds is 10. The third kappa shape index (κ3) is 7.48. The second-order valence-electron chi connectivity index (χ2n) is 11.6. The first kappa shape index (κ1) is 36.8. The fourth-order valence-corrected chi connectivity index (χ4v) is 5.67. The molecule has 2 saturated heterocycles. The number of ether oxygens (including phenoxy) is 8. The zero-order chi connectivity index (χ0) is 36.4. The van der Waals surface area contributed by atoms with Crippen molar-refractivity contribution in [2.24, 2.45) is 0 Å². The van der Waals surface area contributed by atoms with E-state index in [1.54, 1.807) is 24.3 Å². The topological polar surface area (TPSA) is 239 Å². The standard InChI is InChI=1S/C33H38O17/c1-13-24(37)30(46-14(2)34)31(47-15(3)35)33(45-13)44-12-22-25(38)27(40)28(41)32(50-22)49-21-11-20-23(26(39)29(21)43-5)18(36)10-19(48-20)16-6-8-17(42-4)9-7-16/h6-11,13,22,24-25,27-28,30-33,37-41H,12H2,1-5H3. The number of fused-ring (bicyclic) bond motifs is 1. The molecule has 2 aromatic carbocycles. The number of carbonyl (C=O) groups excluding carboxylic acids is 2. The third-order valence-corrected chi connectivity index (χ3v) is 8.19. The van der Waals surface area contributed by atoms with Crippen LogP contribution in [0.15, 0.2) is 45.6 Å². The number of aliphatic hydroxyl groups excluding tert-OH is 4. The van der Waals surface area contributed by atoms with Gasteiger partial charge in [0.15, 0.2) is 35.4 Å². The molecule has 0 bridgehead atoms. The van der Waals surface area contributed by atoms with Crippen molar-refractivity contribution < 1.29 is 77.4 Å². The number of benzene rings is 2. The number of methoxy groups -OCH3 is 2. The maximum absolute atomic E-state index is 13.1. The largest absolute Gasteiger partial charge is 0.504 e. The van der Waals surface area contributed by atoms with E-state index in [-0.39, 0.29) is 28.2 Å². The van der Waals surface area contributed by atoms with Gasteiger partial charge in [-0.2, -0.15) is 0 Å². The fraction of sp³-hybridized carbons (Fsp3) is 0.485. The predicted molar refractivity (Wildman–Crippen MR) is 167 cm³/mol. The van der Waals surface area contributed by atoms with Crippen LogP contribution in [0.2, 0.25) is 0 Å². The molecule has 3 heterocycles. The van der Waals surface area contributed by atoms with Crippen LogP contribution in [-0.4, -0.2) is 120 Å². The van der Waals surface area contributed by atoms with Crippen molar-refractivity contribution >= 4 is 22.9 Å². The van der Waals surface area contributed by atoms with Gasteiger partial charge in [-0.15, -0.1) is 0 Å². The molecule has 0 amide bonds. The molecule has 2 aliphatic heterocycles. The molecule has 0 saturated carbocycles. The molecular formula is C33H38O17. The molecule has 10 atom stereocenters. The smallest absolute Gasteiger partial charge is 0.303 e. The summed E-state index contributed by atoms with van der Waals surface area (Å²) in [6, 6.07) is 9.08. The average Bonchev–Trinajstić information content (AvgIpc) is 3.07. The van der Waals surface area contributed by atoms with Gasteiger partial charge < -0.3 is 67.8 Å². The first-order chi connectivity index (χ1) is 23.7. The lowest BCUT2D eigenvalue weighted by Crippen LogP contribution is -2.62. The van der Waals surface area contributed by atoms with Gasteiger partial charge in [-0.1, -0.05) is 0 Å². The lowest BCUT2D eigenvalue weighted by molar-refractivity contribution is -0.320. The normalized spacial score (nSPS) is 29.6. The van der Waals surface area contributed by atoms with E-state index in [0.717, 1.165) is 13.8 Å². The van der Waals surface area contributed by atoms with Crippen LogP contribution in [0, 0.1) is 0 Å². The highest BCUT2D eigenvalue weighted by molar-refractivity contribution is 5.89. The summed E-state index contributed by atoms with van der Waals surface area (Å²) in [7, 11) is 2.70. The summed E-state index contributed by atoms with van der Waals surface area (Å²) < 4.78 is 49.9. The van der Waals surface area contributed by atoms with Crippen molar-refractivity contribution in [1.29, 1.82) is 0 Å². The van der Waals surface area contributed by atoms with Crippen LogP contribution in [-0.2, 0) is 33.3 Å². The summed E-state index contributed by atoms with van der Waals surface area (Å²) in [5, 5.41) is 53.7. The minimum absolute atomic E-state index is 0.119. The Morgan fingerprint density at radius 2 is 1.48 bits per heavy atom. The van der Waals surface area contributed by atoms with Gasteiger partial charge in [0.1, 0.15) is 53.0 Å². The number of esters is 2. The Morgan fingerprint density at radius 1 is 0.820 bits per heavy atom. The maximum atomic E-state index is 13.1. The highest BCUT2D eigenvalue weighted by Gasteiger charge is 2.50. The SMILES string of the molecule is COc1ccc(-c2cc(=O)c3c(O)c(OC)c(OC4OC(COC5OC(C)C(O)C(OC(C)=O)C5OC(C)=O)C(O)C(O)C4O)cc3o2)cc1. The summed E-state index contributed by atoms with van der Waals surface area (Å²) in [4.78, 5) is 36.7.